The van der Waals surface area contributed by atoms with Crippen molar-refractivity contribution >= 4 is 34.9 Å². The summed E-state index contributed by atoms with van der Waals surface area (Å²) < 4.78 is 0. The third-order valence-electron chi connectivity index (χ3n) is 3.32. The first-order valence-electron chi connectivity index (χ1n) is 6.42. The van der Waals surface area contributed by atoms with E-state index in [0.29, 0.717) is 24.5 Å². The highest BCUT2D eigenvalue weighted by atomic mass is 32.2. The van der Waals surface area contributed by atoms with E-state index in [2.05, 4.69) is 12.1 Å². The van der Waals surface area contributed by atoms with Gasteiger partial charge in [-0.05, 0) is 18.6 Å². The number of likely N-dealkylation sites (N-methyl/N-ethyl adjacent to an activating group) is 1. The Morgan fingerprint density at radius 1 is 1.53 bits per heavy atom. The van der Waals surface area contributed by atoms with Gasteiger partial charge in [0.1, 0.15) is 0 Å². The molecule has 0 saturated heterocycles. The molecule has 1 heterocycles. The second-order valence-electron chi connectivity index (χ2n) is 4.54. The number of hydrogen-bond donors (Lipinski definition) is 1. The second-order valence-corrected chi connectivity index (χ2v) is 6.12. The van der Waals surface area contributed by atoms with Gasteiger partial charge < -0.3 is 10.6 Å². The Balaban J connectivity index is 2.09. The highest BCUT2D eigenvalue weighted by Gasteiger charge is 2.31. The lowest BCUT2D eigenvalue weighted by Gasteiger charge is -2.24. The van der Waals surface area contributed by atoms with Gasteiger partial charge in [0.05, 0.1) is 10.9 Å². The van der Waals surface area contributed by atoms with Crippen LogP contribution >= 0.6 is 24.0 Å². The summed E-state index contributed by atoms with van der Waals surface area (Å²) >= 11 is 6.64. The highest BCUT2D eigenvalue weighted by molar-refractivity contribution is 7.99. The van der Waals surface area contributed by atoms with Crippen LogP contribution in [-0.2, 0) is 4.79 Å². The number of rotatable bonds is 5. The number of carbonyl (C=O) groups excluding carboxylic acids is 1. The molecule has 0 saturated carbocycles. The van der Waals surface area contributed by atoms with E-state index in [-0.39, 0.29) is 11.8 Å². The fourth-order valence-electron chi connectivity index (χ4n) is 2.26. The molecule has 0 aromatic heterocycles. The topological polar surface area (TPSA) is 46.3 Å². The number of thioether (sulfide) groups is 1. The minimum absolute atomic E-state index is 0.0208. The van der Waals surface area contributed by atoms with Gasteiger partial charge in [0.2, 0.25) is 5.91 Å². The molecule has 1 atom stereocenters. The van der Waals surface area contributed by atoms with Crippen molar-refractivity contribution in [2.45, 2.75) is 24.2 Å². The lowest BCUT2D eigenvalue weighted by molar-refractivity contribution is -0.132. The summed E-state index contributed by atoms with van der Waals surface area (Å²) in [5, 5.41) is 0. The Labute approximate surface area is 123 Å². The molecule has 1 unspecified atom stereocenters. The minimum Gasteiger partial charge on any atom is -0.393 e. The van der Waals surface area contributed by atoms with Crippen LogP contribution in [0.3, 0.4) is 0 Å². The fraction of sp³-hybridized carbons (Fsp3) is 0.429. The van der Waals surface area contributed by atoms with Crippen LogP contribution < -0.4 is 5.73 Å². The van der Waals surface area contributed by atoms with Crippen molar-refractivity contribution in [3.63, 3.8) is 0 Å². The molecule has 102 valence electrons. The Bertz CT molecular complexity index is 490. The normalized spacial score (nSPS) is 17.0. The van der Waals surface area contributed by atoms with Gasteiger partial charge in [-0.1, -0.05) is 30.4 Å². The van der Waals surface area contributed by atoms with Gasteiger partial charge in [-0.2, -0.15) is 0 Å². The van der Waals surface area contributed by atoms with Crippen LogP contribution in [0, 0.1) is 0 Å². The number of thiocarbonyl (C=S) groups is 1. The predicted octanol–water partition coefficient (Wildman–Crippen LogP) is 2.40. The van der Waals surface area contributed by atoms with Crippen molar-refractivity contribution in [2.75, 3.05) is 18.8 Å². The standard InChI is InChI=1S/C14H18N2OS2/c1-2-16(8-7-13(15)18)14(17)11-9-19-12-6-4-3-5-10(11)12/h3-6,11H,2,7-9H2,1H3,(H2,15,18). The molecule has 0 bridgehead atoms. The van der Waals surface area contributed by atoms with E-state index in [1.807, 2.05) is 24.0 Å². The van der Waals surface area contributed by atoms with Crippen molar-refractivity contribution in [2.24, 2.45) is 5.73 Å². The lowest BCUT2D eigenvalue weighted by atomic mass is 10.00. The molecule has 2 N–H and O–H groups in total. The van der Waals surface area contributed by atoms with Crippen molar-refractivity contribution in [3.05, 3.63) is 29.8 Å². The molecule has 5 heteroatoms. The van der Waals surface area contributed by atoms with Gasteiger partial charge >= 0.3 is 0 Å². The van der Waals surface area contributed by atoms with E-state index in [4.69, 9.17) is 18.0 Å². The van der Waals surface area contributed by atoms with Gasteiger partial charge in [0, 0.05) is 30.2 Å². The number of benzene rings is 1. The van der Waals surface area contributed by atoms with Gasteiger partial charge in [0.15, 0.2) is 0 Å². The molecule has 1 aliphatic heterocycles. The first kappa shape index (κ1) is 14.3. The summed E-state index contributed by atoms with van der Waals surface area (Å²) in [6, 6.07) is 8.15. The van der Waals surface area contributed by atoms with E-state index < -0.39 is 0 Å². The van der Waals surface area contributed by atoms with Gasteiger partial charge in [-0.3, -0.25) is 4.79 Å². The first-order chi connectivity index (χ1) is 9.13. The molecule has 0 spiro atoms. The molecule has 19 heavy (non-hydrogen) atoms. The van der Waals surface area contributed by atoms with Crippen molar-refractivity contribution in [3.8, 4) is 0 Å². The average Bonchev–Trinajstić information content (AvgIpc) is 2.82. The molecule has 0 radical (unpaired) electrons. The van der Waals surface area contributed by atoms with Crippen molar-refractivity contribution < 1.29 is 4.79 Å². The molecule has 0 fully saturated rings. The monoisotopic (exact) mass is 294 g/mol. The minimum atomic E-state index is -0.0208. The Morgan fingerprint density at radius 3 is 2.95 bits per heavy atom. The fourth-order valence-corrected chi connectivity index (χ4v) is 3.57. The number of hydrogen-bond acceptors (Lipinski definition) is 3. The van der Waals surface area contributed by atoms with Crippen LogP contribution in [0.4, 0.5) is 0 Å². The molecule has 1 aliphatic rings. The Morgan fingerprint density at radius 2 is 2.26 bits per heavy atom. The Hall–Kier alpha value is -1.07. The van der Waals surface area contributed by atoms with Crippen molar-refractivity contribution in [1.29, 1.82) is 0 Å². The number of nitrogens with two attached hydrogens (primary N) is 1. The van der Waals surface area contributed by atoms with E-state index in [1.165, 1.54) is 4.90 Å². The third-order valence-corrected chi connectivity index (χ3v) is 4.71. The molecule has 3 nitrogen and oxygen atoms in total. The van der Waals surface area contributed by atoms with Crippen molar-refractivity contribution in [1.82, 2.24) is 4.90 Å². The van der Waals surface area contributed by atoms with Gasteiger partial charge in [-0.25, -0.2) is 0 Å². The lowest BCUT2D eigenvalue weighted by Crippen LogP contribution is -2.37. The molecule has 1 aromatic rings. The van der Waals surface area contributed by atoms with E-state index >= 15 is 0 Å². The number of nitrogens with zero attached hydrogens (tertiary/aromatic N) is 1. The van der Waals surface area contributed by atoms with Crippen LogP contribution in [0.1, 0.15) is 24.8 Å². The smallest absolute Gasteiger partial charge is 0.231 e. The Kier molecular flexibility index (Phi) is 4.82. The third kappa shape index (κ3) is 3.28. The highest BCUT2D eigenvalue weighted by Crippen LogP contribution is 2.40. The summed E-state index contributed by atoms with van der Waals surface area (Å²) in [4.78, 5) is 16.1. The van der Waals surface area contributed by atoms with Crippen LogP contribution in [0.15, 0.2) is 29.2 Å². The largest absolute Gasteiger partial charge is 0.393 e. The zero-order valence-corrected chi connectivity index (χ0v) is 12.6. The maximum absolute atomic E-state index is 12.6. The van der Waals surface area contributed by atoms with E-state index in [9.17, 15) is 4.79 Å². The maximum atomic E-state index is 12.6. The quantitative estimate of drug-likeness (QED) is 0.847. The molecular weight excluding hydrogens is 276 g/mol. The molecule has 1 amide bonds. The zero-order chi connectivity index (χ0) is 13.8. The SMILES string of the molecule is CCN(CCC(N)=S)C(=O)C1CSc2ccccc21. The van der Waals surface area contributed by atoms with Crippen LogP contribution in [0.2, 0.25) is 0 Å². The predicted molar refractivity (Wildman–Crippen MR) is 83.6 cm³/mol. The molecule has 2 rings (SSSR count). The molecular formula is C14H18N2OS2. The van der Waals surface area contributed by atoms with Gasteiger partial charge in [0.25, 0.3) is 0 Å². The second kappa shape index (κ2) is 6.39. The number of carbonyl (C=O) groups is 1. The summed E-state index contributed by atoms with van der Waals surface area (Å²) in [6.45, 7) is 3.31. The summed E-state index contributed by atoms with van der Waals surface area (Å²) in [5.41, 5.74) is 6.67. The zero-order valence-electron chi connectivity index (χ0n) is 11.0. The summed E-state index contributed by atoms with van der Waals surface area (Å²) in [5.74, 6) is 1.01. The van der Waals surface area contributed by atoms with E-state index in [0.717, 1.165) is 11.3 Å². The van der Waals surface area contributed by atoms with Crippen LogP contribution in [0.5, 0.6) is 0 Å². The van der Waals surface area contributed by atoms with Gasteiger partial charge in [-0.15, -0.1) is 11.8 Å². The maximum Gasteiger partial charge on any atom is 0.231 e. The number of amides is 1. The average molecular weight is 294 g/mol. The van der Waals surface area contributed by atoms with Crippen LogP contribution in [0.25, 0.3) is 0 Å². The molecule has 0 aliphatic carbocycles. The van der Waals surface area contributed by atoms with E-state index in [1.54, 1.807) is 11.8 Å². The first-order valence-corrected chi connectivity index (χ1v) is 7.81. The summed E-state index contributed by atoms with van der Waals surface area (Å²) in [7, 11) is 0. The van der Waals surface area contributed by atoms with Crippen LogP contribution in [-0.4, -0.2) is 34.6 Å². The molecule has 1 aromatic carbocycles. The number of fused-ring (bicyclic) bond motifs is 1. The summed E-state index contributed by atoms with van der Waals surface area (Å²) in [6.07, 6.45) is 0.594.